The summed E-state index contributed by atoms with van der Waals surface area (Å²) >= 11 is 0. The van der Waals surface area contributed by atoms with Gasteiger partial charge >= 0.3 is 12.1 Å². The number of rotatable bonds is 5. The molecule has 112 valence electrons. The Morgan fingerprint density at radius 1 is 1.47 bits per heavy atom. The van der Waals surface area contributed by atoms with E-state index < -0.39 is 30.8 Å². The number of alkyl halides is 3. The third kappa shape index (κ3) is 6.22. The van der Waals surface area contributed by atoms with Gasteiger partial charge in [0.25, 0.3) is 0 Å². The molecule has 3 N–H and O–H groups in total. The lowest BCUT2D eigenvalue weighted by Crippen LogP contribution is -2.53. The molecule has 1 aliphatic rings. The van der Waals surface area contributed by atoms with Crippen molar-refractivity contribution in [1.29, 1.82) is 0 Å². The first-order valence-corrected chi connectivity index (χ1v) is 6.09. The fraction of sp³-hybridized carbons (Fsp3) is 0.909. The van der Waals surface area contributed by atoms with E-state index in [1.54, 1.807) is 11.8 Å². The molecule has 0 saturated carbocycles. The lowest BCUT2D eigenvalue weighted by atomic mass is 9.90. The smallest absolute Gasteiger partial charge is 0.401 e. The molecular formula is C11H19F3N2O3. The standard InChI is InChI=1S/C11H19F3N2O3/c1-7(17)8-2-9(15-6-11(12,13)14)4-16(3-8)5-10(18)19/h7-9,15,17H,2-6H2,1H3,(H,18,19). The minimum absolute atomic E-state index is 0.223. The largest absolute Gasteiger partial charge is 0.480 e. The number of carboxylic acids is 1. The SMILES string of the molecule is CC(O)C1CC(NCC(F)(F)F)CN(CC(=O)O)C1. The number of aliphatic hydroxyl groups is 1. The normalized spacial score (nSPS) is 27.2. The molecule has 0 aromatic heterocycles. The molecule has 1 rings (SSSR count). The number of hydrogen-bond donors (Lipinski definition) is 3. The van der Waals surface area contributed by atoms with Crippen molar-refractivity contribution in [2.24, 2.45) is 5.92 Å². The van der Waals surface area contributed by atoms with E-state index in [0.29, 0.717) is 13.0 Å². The number of likely N-dealkylation sites (tertiary alicyclic amines) is 1. The van der Waals surface area contributed by atoms with Crippen molar-refractivity contribution in [2.75, 3.05) is 26.2 Å². The second-order valence-electron chi connectivity index (χ2n) is 5.02. The monoisotopic (exact) mass is 284 g/mol. The highest BCUT2D eigenvalue weighted by Gasteiger charge is 2.33. The summed E-state index contributed by atoms with van der Waals surface area (Å²) in [7, 11) is 0. The number of nitrogens with zero attached hydrogens (tertiary/aromatic N) is 1. The third-order valence-electron chi connectivity index (χ3n) is 3.19. The van der Waals surface area contributed by atoms with E-state index in [2.05, 4.69) is 5.32 Å². The first-order valence-electron chi connectivity index (χ1n) is 6.09. The van der Waals surface area contributed by atoms with Crippen molar-refractivity contribution < 1.29 is 28.2 Å². The molecule has 3 unspecified atom stereocenters. The molecule has 1 heterocycles. The van der Waals surface area contributed by atoms with Crippen LogP contribution in [0.3, 0.4) is 0 Å². The van der Waals surface area contributed by atoms with Crippen LogP contribution in [0.25, 0.3) is 0 Å². The van der Waals surface area contributed by atoms with E-state index >= 15 is 0 Å². The third-order valence-corrected chi connectivity index (χ3v) is 3.19. The van der Waals surface area contributed by atoms with Gasteiger partial charge in [0.1, 0.15) is 0 Å². The summed E-state index contributed by atoms with van der Waals surface area (Å²) in [4.78, 5) is 12.2. The van der Waals surface area contributed by atoms with Gasteiger partial charge in [-0.1, -0.05) is 0 Å². The van der Waals surface area contributed by atoms with Crippen molar-refractivity contribution >= 4 is 5.97 Å². The predicted octanol–water partition coefficient (Wildman–Crippen LogP) is 0.294. The molecule has 0 aromatic rings. The van der Waals surface area contributed by atoms with Crippen molar-refractivity contribution in [3.63, 3.8) is 0 Å². The van der Waals surface area contributed by atoms with Gasteiger partial charge in [-0.15, -0.1) is 0 Å². The van der Waals surface area contributed by atoms with Crippen LogP contribution in [0.5, 0.6) is 0 Å². The summed E-state index contributed by atoms with van der Waals surface area (Å²) in [6, 6.07) is -0.464. The Morgan fingerprint density at radius 2 is 2.11 bits per heavy atom. The molecule has 0 aliphatic carbocycles. The maximum Gasteiger partial charge on any atom is 0.401 e. The second-order valence-corrected chi connectivity index (χ2v) is 5.02. The van der Waals surface area contributed by atoms with E-state index in [4.69, 9.17) is 5.11 Å². The Hall–Kier alpha value is -0.860. The van der Waals surface area contributed by atoms with Crippen LogP contribution >= 0.6 is 0 Å². The van der Waals surface area contributed by atoms with Gasteiger partial charge in [-0.3, -0.25) is 9.69 Å². The average molecular weight is 284 g/mol. The minimum atomic E-state index is -4.30. The molecule has 0 aromatic carbocycles. The highest BCUT2D eigenvalue weighted by molar-refractivity contribution is 5.69. The van der Waals surface area contributed by atoms with E-state index in [0.717, 1.165) is 0 Å². The van der Waals surface area contributed by atoms with Crippen LogP contribution < -0.4 is 5.32 Å². The molecule has 1 aliphatic heterocycles. The van der Waals surface area contributed by atoms with E-state index in [-0.39, 0.29) is 19.0 Å². The van der Waals surface area contributed by atoms with Crippen LogP contribution in [0.15, 0.2) is 0 Å². The first-order chi connectivity index (χ1) is 8.67. The maximum atomic E-state index is 12.2. The molecule has 3 atom stereocenters. The van der Waals surface area contributed by atoms with Crippen molar-refractivity contribution in [3.05, 3.63) is 0 Å². The molecule has 8 heteroatoms. The summed E-state index contributed by atoms with van der Waals surface area (Å²) in [6.07, 6.45) is -4.56. The lowest BCUT2D eigenvalue weighted by molar-refractivity contribution is -0.140. The van der Waals surface area contributed by atoms with Crippen molar-refractivity contribution in [2.45, 2.75) is 31.7 Å². The molecular weight excluding hydrogens is 265 g/mol. The van der Waals surface area contributed by atoms with Crippen LogP contribution in [0.4, 0.5) is 13.2 Å². The van der Waals surface area contributed by atoms with Gasteiger partial charge in [-0.2, -0.15) is 13.2 Å². The number of halogens is 3. The molecule has 0 bridgehead atoms. The van der Waals surface area contributed by atoms with Crippen LogP contribution in [0.1, 0.15) is 13.3 Å². The van der Waals surface area contributed by atoms with Gasteiger partial charge in [0, 0.05) is 19.1 Å². The zero-order valence-corrected chi connectivity index (χ0v) is 10.7. The molecule has 19 heavy (non-hydrogen) atoms. The van der Waals surface area contributed by atoms with Gasteiger partial charge < -0.3 is 15.5 Å². The molecule has 5 nitrogen and oxygen atoms in total. The fourth-order valence-corrected chi connectivity index (χ4v) is 2.31. The molecule has 0 amide bonds. The molecule has 1 fully saturated rings. The maximum absolute atomic E-state index is 12.2. The van der Waals surface area contributed by atoms with Gasteiger partial charge in [0.2, 0.25) is 0 Å². The van der Waals surface area contributed by atoms with Crippen LogP contribution in [0.2, 0.25) is 0 Å². The average Bonchev–Trinajstić information content (AvgIpc) is 2.24. The summed E-state index contributed by atoms with van der Waals surface area (Å²) in [5, 5.41) is 20.7. The number of carboxylic acid groups (broad SMARTS) is 1. The Morgan fingerprint density at radius 3 is 2.58 bits per heavy atom. The van der Waals surface area contributed by atoms with E-state index in [9.17, 15) is 23.1 Å². The van der Waals surface area contributed by atoms with Gasteiger partial charge in [-0.05, 0) is 19.3 Å². The van der Waals surface area contributed by atoms with Crippen LogP contribution in [0, 0.1) is 5.92 Å². The van der Waals surface area contributed by atoms with Crippen LogP contribution in [-0.2, 0) is 4.79 Å². The highest BCUT2D eigenvalue weighted by atomic mass is 19.4. The van der Waals surface area contributed by atoms with Gasteiger partial charge in [0.15, 0.2) is 0 Å². The molecule has 0 spiro atoms. The predicted molar refractivity (Wildman–Crippen MR) is 61.7 cm³/mol. The fourth-order valence-electron chi connectivity index (χ4n) is 2.31. The van der Waals surface area contributed by atoms with Crippen LogP contribution in [-0.4, -0.2) is 65.6 Å². The van der Waals surface area contributed by atoms with Crippen molar-refractivity contribution in [1.82, 2.24) is 10.2 Å². The van der Waals surface area contributed by atoms with E-state index in [1.807, 2.05) is 0 Å². The summed E-state index contributed by atoms with van der Waals surface area (Å²) in [6.45, 7) is 0.855. The minimum Gasteiger partial charge on any atom is -0.480 e. The number of aliphatic carboxylic acids is 1. The summed E-state index contributed by atoms with van der Waals surface area (Å²) in [5.41, 5.74) is 0. The Labute approximate surface area is 109 Å². The molecule has 1 saturated heterocycles. The summed E-state index contributed by atoms with van der Waals surface area (Å²) in [5.74, 6) is -1.25. The number of carbonyl (C=O) groups is 1. The molecule has 0 radical (unpaired) electrons. The van der Waals surface area contributed by atoms with Crippen molar-refractivity contribution in [3.8, 4) is 0 Å². The quantitative estimate of drug-likeness (QED) is 0.677. The Bertz CT molecular complexity index is 310. The highest BCUT2D eigenvalue weighted by Crippen LogP contribution is 2.21. The number of hydrogen-bond acceptors (Lipinski definition) is 4. The Balaban J connectivity index is 2.57. The van der Waals surface area contributed by atoms with Gasteiger partial charge in [-0.25, -0.2) is 0 Å². The lowest BCUT2D eigenvalue weighted by Gasteiger charge is -2.38. The topological polar surface area (TPSA) is 72.8 Å². The summed E-state index contributed by atoms with van der Waals surface area (Å²) < 4.78 is 36.5. The van der Waals surface area contributed by atoms with E-state index in [1.165, 1.54) is 0 Å². The number of aliphatic hydroxyl groups excluding tert-OH is 1. The van der Waals surface area contributed by atoms with Gasteiger partial charge in [0.05, 0.1) is 19.2 Å². The zero-order valence-electron chi connectivity index (χ0n) is 10.7. The number of nitrogens with one attached hydrogen (secondary N) is 1. The number of piperidine rings is 1. The Kier molecular flexibility index (Phi) is 5.57. The first kappa shape index (κ1) is 16.2. The second kappa shape index (κ2) is 6.53. The zero-order chi connectivity index (χ0) is 14.6.